The fraction of sp³-hybridized carbons (Fsp3) is 0.579. The predicted octanol–water partition coefficient (Wildman–Crippen LogP) is 2.56. The van der Waals surface area contributed by atoms with Gasteiger partial charge in [0.1, 0.15) is 5.65 Å². The van der Waals surface area contributed by atoms with Crippen LogP contribution in [0.25, 0.3) is 5.65 Å². The van der Waals surface area contributed by atoms with Gasteiger partial charge in [-0.15, -0.1) is 0 Å². The van der Waals surface area contributed by atoms with Gasteiger partial charge in [-0.05, 0) is 31.9 Å². The van der Waals surface area contributed by atoms with E-state index in [2.05, 4.69) is 22.1 Å². The molecule has 7 heteroatoms. The molecule has 1 N–H and O–H groups in total. The third kappa shape index (κ3) is 2.76. The molecule has 0 aliphatic carbocycles. The molecule has 0 saturated carbocycles. The van der Waals surface area contributed by atoms with Crippen molar-refractivity contribution in [3.8, 4) is 0 Å². The van der Waals surface area contributed by atoms with E-state index in [0.29, 0.717) is 35.6 Å². The van der Waals surface area contributed by atoms with Crippen molar-refractivity contribution >= 4 is 23.2 Å². The van der Waals surface area contributed by atoms with E-state index in [1.165, 1.54) is 12.8 Å². The highest BCUT2D eigenvalue weighted by atomic mass is 35.5. The summed E-state index contributed by atoms with van der Waals surface area (Å²) in [7, 11) is 0. The minimum atomic E-state index is 0.473. The van der Waals surface area contributed by atoms with E-state index in [4.69, 9.17) is 21.3 Å². The third-order valence-corrected chi connectivity index (χ3v) is 6.17. The maximum absolute atomic E-state index is 6.09. The molecule has 0 radical (unpaired) electrons. The van der Waals surface area contributed by atoms with Gasteiger partial charge < -0.3 is 19.4 Å². The van der Waals surface area contributed by atoms with Crippen molar-refractivity contribution in [2.45, 2.75) is 38.5 Å². The van der Waals surface area contributed by atoms with Gasteiger partial charge >= 0.3 is 0 Å². The Kier molecular flexibility index (Phi) is 4.05. The lowest BCUT2D eigenvalue weighted by Crippen LogP contribution is -2.41. The van der Waals surface area contributed by atoms with Gasteiger partial charge in [0.15, 0.2) is 5.96 Å². The van der Waals surface area contributed by atoms with E-state index < -0.39 is 0 Å². The van der Waals surface area contributed by atoms with E-state index in [9.17, 15) is 0 Å². The number of rotatable bonds is 3. The van der Waals surface area contributed by atoms with Crippen molar-refractivity contribution < 1.29 is 4.74 Å². The Bertz CT molecular complexity index is 832. The van der Waals surface area contributed by atoms with E-state index in [1.807, 2.05) is 28.9 Å². The average molecular weight is 374 g/mol. The first-order chi connectivity index (χ1) is 12.7. The minimum Gasteiger partial charge on any atom is -0.374 e. The summed E-state index contributed by atoms with van der Waals surface area (Å²) in [4.78, 5) is 11.9. The minimum absolute atomic E-state index is 0.473. The molecule has 4 atom stereocenters. The van der Waals surface area contributed by atoms with Crippen molar-refractivity contribution in [2.75, 3.05) is 19.6 Å². The maximum atomic E-state index is 6.09. The fourth-order valence-corrected chi connectivity index (χ4v) is 4.98. The van der Waals surface area contributed by atoms with Gasteiger partial charge in [0.2, 0.25) is 0 Å². The standard InChI is InChI=1S/C19H24ClN5O/c1-2-21-19(25-10-14-15(11-25)17-5-4-16(14)26-17)22-7-13-9-24-8-12(20)3-6-18(24)23-13/h3,6,8-9,14-17H,2,4-5,7,10-11H2,1H3,(H,21,22). The van der Waals surface area contributed by atoms with Crippen molar-refractivity contribution in [3.05, 3.63) is 35.2 Å². The number of hydrogen-bond acceptors (Lipinski definition) is 3. The molecule has 5 rings (SSSR count). The zero-order chi connectivity index (χ0) is 17.7. The normalized spacial score (nSPS) is 30.4. The first-order valence-corrected chi connectivity index (χ1v) is 9.91. The smallest absolute Gasteiger partial charge is 0.194 e. The van der Waals surface area contributed by atoms with Gasteiger partial charge in [-0.1, -0.05) is 11.6 Å². The molecular formula is C19H24ClN5O. The van der Waals surface area contributed by atoms with Gasteiger partial charge in [-0.3, -0.25) is 0 Å². The Hall–Kier alpha value is -1.79. The van der Waals surface area contributed by atoms with Gasteiger partial charge in [0.05, 0.1) is 29.5 Å². The molecule has 2 aromatic rings. The second-order valence-corrected chi connectivity index (χ2v) is 7.97. The van der Waals surface area contributed by atoms with Gasteiger partial charge in [0.25, 0.3) is 0 Å². The van der Waals surface area contributed by atoms with Gasteiger partial charge in [-0.2, -0.15) is 0 Å². The van der Waals surface area contributed by atoms with Crippen LogP contribution in [0.4, 0.5) is 0 Å². The number of guanidine groups is 1. The quantitative estimate of drug-likeness (QED) is 0.663. The summed E-state index contributed by atoms with van der Waals surface area (Å²) in [5, 5.41) is 4.16. The lowest BCUT2D eigenvalue weighted by molar-refractivity contribution is 0.0767. The molecule has 6 nitrogen and oxygen atoms in total. The molecule has 3 saturated heterocycles. The van der Waals surface area contributed by atoms with Crippen LogP contribution in [0.5, 0.6) is 0 Å². The number of nitrogens with zero attached hydrogens (tertiary/aromatic N) is 4. The van der Waals surface area contributed by atoms with E-state index in [1.54, 1.807) is 0 Å². The summed E-state index contributed by atoms with van der Waals surface area (Å²) in [6.45, 7) is 5.66. The number of nitrogens with one attached hydrogen (secondary N) is 1. The van der Waals surface area contributed by atoms with Gasteiger partial charge in [0, 0.05) is 43.9 Å². The molecule has 4 unspecified atom stereocenters. The van der Waals surface area contributed by atoms with Crippen LogP contribution in [0.3, 0.4) is 0 Å². The summed E-state index contributed by atoms with van der Waals surface area (Å²) >= 11 is 6.05. The highest BCUT2D eigenvalue weighted by Gasteiger charge is 2.53. The number of pyridine rings is 1. The molecule has 0 amide bonds. The van der Waals surface area contributed by atoms with Crippen LogP contribution in [0.15, 0.2) is 29.5 Å². The first kappa shape index (κ1) is 16.4. The Balaban J connectivity index is 1.33. The number of aliphatic imine (C=N–C) groups is 1. The van der Waals surface area contributed by atoms with Gasteiger partial charge in [-0.25, -0.2) is 9.98 Å². The SMILES string of the molecule is CCNC(=NCc1cn2cc(Cl)ccc2n1)N1CC2C3CCC(O3)C2C1. The average Bonchev–Trinajstić information content (AvgIpc) is 3.38. The maximum Gasteiger partial charge on any atom is 0.194 e. The molecule has 0 spiro atoms. The molecule has 3 aliphatic heterocycles. The van der Waals surface area contributed by atoms with Crippen LogP contribution >= 0.6 is 11.6 Å². The Morgan fingerprint density at radius 1 is 1.27 bits per heavy atom. The second-order valence-electron chi connectivity index (χ2n) is 7.54. The van der Waals surface area contributed by atoms with E-state index in [-0.39, 0.29) is 0 Å². The summed E-state index contributed by atoms with van der Waals surface area (Å²) in [6.07, 6.45) is 7.29. The zero-order valence-electron chi connectivity index (χ0n) is 14.9. The highest BCUT2D eigenvalue weighted by Crippen LogP contribution is 2.47. The molecule has 2 bridgehead atoms. The van der Waals surface area contributed by atoms with E-state index >= 15 is 0 Å². The van der Waals surface area contributed by atoms with Crippen LogP contribution < -0.4 is 5.32 Å². The molecule has 26 heavy (non-hydrogen) atoms. The Morgan fingerprint density at radius 2 is 2.04 bits per heavy atom. The molecule has 138 valence electrons. The summed E-state index contributed by atoms with van der Waals surface area (Å²) in [5.74, 6) is 2.35. The summed E-state index contributed by atoms with van der Waals surface area (Å²) < 4.78 is 8.04. The molecule has 2 aromatic heterocycles. The third-order valence-electron chi connectivity index (χ3n) is 5.94. The number of halogens is 1. The zero-order valence-corrected chi connectivity index (χ0v) is 15.7. The van der Waals surface area contributed by atoms with E-state index in [0.717, 1.165) is 36.9 Å². The molecule has 3 aliphatic rings. The number of likely N-dealkylation sites (tertiary alicyclic amines) is 1. The molecule has 5 heterocycles. The van der Waals surface area contributed by atoms with Crippen LogP contribution in [-0.4, -0.2) is 52.1 Å². The van der Waals surface area contributed by atoms with Crippen LogP contribution in [0.2, 0.25) is 5.02 Å². The molecular weight excluding hydrogens is 350 g/mol. The molecule has 3 fully saturated rings. The first-order valence-electron chi connectivity index (χ1n) is 9.53. The van der Waals surface area contributed by atoms with Crippen LogP contribution in [0.1, 0.15) is 25.5 Å². The van der Waals surface area contributed by atoms with Crippen molar-refractivity contribution in [1.29, 1.82) is 0 Å². The molecule has 0 aromatic carbocycles. The number of fused-ring (bicyclic) bond motifs is 6. The van der Waals surface area contributed by atoms with Crippen LogP contribution in [-0.2, 0) is 11.3 Å². The summed E-state index contributed by atoms with van der Waals surface area (Å²) in [6, 6.07) is 3.79. The summed E-state index contributed by atoms with van der Waals surface area (Å²) in [5.41, 5.74) is 1.85. The predicted molar refractivity (Wildman–Crippen MR) is 101 cm³/mol. The van der Waals surface area contributed by atoms with Crippen molar-refractivity contribution in [3.63, 3.8) is 0 Å². The lowest BCUT2D eigenvalue weighted by atomic mass is 9.82. The second kappa shape index (κ2) is 6.43. The van der Waals surface area contributed by atoms with Crippen LogP contribution in [0, 0.1) is 11.8 Å². The number of ether oxygens (including phenoxy) is 1. The highest BCUT2D eigenvalue weighted by molar-refractivity contribution is 6.30. The number of imidazole rings is 1. The van der Waals surface area contributed by atoms with Crippen molar-refractivity contribution in [2.24, 2.45) is 16.8 Å². The topological polar surface area (TPSA) is 54.2 Å². The number of hydrogen-bond donors (Lipinski definition) is 1. The Morgan fingerprint density at radius 3 is 2.77 bits per heavy atom. The lowest BCUT2D eigenvalue weighted by Gasteiger charge is -2.23. The monoisotopic (exact) mass is 373 g/mol. The van der Waals surface area contributed by atoms with Crippen molar-refractivity contribution in [1.82, 2.24) is 19.6 Å². The number of aromatic nitrogens is 2. The Labute approximate surface area is 158 Å². The fourth-order valence-electron chi connectivity index (χ4n) is 4.81. The largest absolute Gasteiger partial charge is 0.374 e.